The largest absolute Gasteiger partial charge is 0.478 e. The van der Waals surface area contributed by atoms with Crippen molar-refractivity contribution in [1.29, 1.82) is 0 Å². The fraction of sp³-hybridized carbons (Fsp3) is 0.214. The summed E-state index contributed by atoms with van der Waals surface area (Å²) in [5.74, 6) is -0.0792. The minimum atomic E-state index is -1.03. The Balaban J connectivity index is 2.20. The average Bonchev–Trinajstić information content (AvgIpc) is 2.40. The second-order valence-electron chi connectivity index (χ2n) is 4.53. The molecule has 0 aliphatic carbocycles. The Morgan fingerprint density at radius 1 is 1.33 bits per heavy atom. The number of aromatic carboxylic acids is 1. The van der Waals surface area contributed by atoms with Crippen molar-refractivity contribution in [3.8, 4) is 5.88 Å². The molecule has 0 unspecified atom stereocenters. The van der Waals surface area contributed by atoms with E-state index in [4.69, 9.17) is 21.4 Å². The molecule has 0 aliphatic rings. The van der Waals surface area contributed by atoms with Crippen molar-refractivity contribution in [2.24, 2.45) is 0 Å². The maximum atomic E-state index is 10.9. The molecule has 0 aliphatic heterocycles. The summed E-state index contributed by atoms with van der Waals surface area (Å²) in [4.78, 5) is 18.9. The van der Waals surface area contributed by atoms with Crippen molar-refractivity contribution in [3.05, 3.63) is 41.2 Å². The molecule has 0 saturated carbocycles. The molecule has 0 radical (unpaired) electrons. The van der Waals surface area contributed by atoms with Crippen molar-refractivity contribution in [2.45, 2.75) is 20.0 Å². The van der Waals surface area contributed by atoms with Gasteiger partial charge in [0.15, 0.2) is 0 Å². The number of carbonyl (C=O) groups is 1. The molecule has 0 saturated heterocycles. The number of anilines is 2. The molecular formula is C14H14ClN3O3. The molecule has 0 spiro atoms. The molecule has 1 aromatic carbocycles. The van der Waals surface area contributed by atoms with Crippen molar-refractivity contribution in [3.63, 3.8) is 0 Å². The molecule has 1 aromatic heterocycles. The van der Waals surface area contributed by atoms with Gasteiger partial charge >= 0.3 is 5.97 Å². The molecule has 21 heavy (non-hydrogen) atoms. The Labute approximate surface area is 126 Å². The number of hydrogen-bond acceptors (Lipinski definition) is 5. The van der Waals surface area contributed by atoms with Gasteiger partial charge in [-0.3, -0.25) is 0 Å². The molecule has 2 aromatic rings. The number of aromatic nitrogens is 2. The maximum Gasteiger partial charge on any atom is 0.335 e. The van der Waals surface area contributed by atoms with Gasteiger partial charge in [0.2, 0.25) is 5.88 Å². The minimum absolute atomic E-state index is 0.00573. The van der Waals surface area contributed by atoms with Crippen LogP contribution in [0.5, 0.6) is 5.88 Å². The van der Waals surface area contributed by atoms with Gasteiger partial charge in [-0.2, -0.15) is 0 Å². The molecule has 0 atom stereocenters. The van der Waals surface area contributed by atoms with Gasteiger partial charge in [0.05, 0.1) is 22.4 Å². The van der Waals surface area contributed by atoms with Gasteiger partial charge in [0, 0.05) is 6.07 Å². The number of ether oxygens (including phenoxy) is 1. The number of carboxylic acids is 1. The molecule has 0 amide bonds. The Morgan fingerprint density at radius 2 is 2.10 bits per heavy atom. The van der Waals surface area contributed by atoms with Gasteiger partial charge in [0.1, 0.15) is 12.1 Å². The number of rotatable bonds is 5. The van der Waals surface area contributed by atoms with Gasteiger partial charge in [-0.15, -0.1) is 0 Å². The van der Waals surface area contributed by atoms with Gasteiger partial charge in [0.25, 0.3) is 0 Å². The van der Waals surface area contributed by atoms with Crippen LogP contribution in [0.4, 0.5) is 11.5 Å². The number of carboxylic acid groups (broad SMARTS) is 1. The topological polar surface area (TPSA) is 84.3 Å². The second-order valence-corrected chi connectivity index (χ2v) is 4.94. The van der Waals surface area contributed by atoms with Gasteiger partial charge < -0.3 is 15.2 Å². The number of nitrogens with zero attached hydrogens (tertiary/aromatic N) is 2. The lowest BCUT2D eigenvalue weighted by atomic mass is 10.2. The molecule has 0 bridgehead atoms. The van der Waals surface area contributed by atoms with Crippen molar-refractivity contribution in [1.82, 2.24) is 9.97 Å². The lowest BCUT2D eigenvalue weighted by Crippen LogP contribution is -2.07. The first-order valence-electron chi connectivity index (χ1n) is 6.24. The average molecular weight is 308 g/mol. The zero-order valence-corrected chi connectivity index (χ0v) is 12.3. The van der Waals surface area contributed by atoms with E-state index in [1.165, 1.54) is 18.5 Å². The molecule has 110 valence electrons. The summed E-state index contributed by atoms with van der Waals surface area (Å²) in [7, 11) is 0. The lowest BCUT2D eigenvalue weighted by molar-refractivity contribution is 0.0697. The number of benzene rings is 1. The first-order valence-corrected chi connectivity index (χ1v) is 6.62. The van der Waals surface area contributed by atoms with Crippen LogP contribution in [-0.2, 0) is 0 Å². The molecule has 2 rings (SSSR count). The van der Waals surface area contributed by atoms with E-state index in [9.17, 15) is 4.79 Å². The highest BCUT2D eigenvalue weighted by molar-refractivity contribution is 6.33. The zero-order chi connectivity index (χ0) is 15.4. The highest BCUT2D eigenvalue weighted by atomic mass is 35.5. The van der Waals surface area contributed by atoms with Crippen LogP contribution in [0.15, 0.2) is 30.6 Å². The third kappa shape index (κ3) is 4.06. The SMILES string of the molecule is CC(C)Oc1cc(Nc2ccc(C(=O)O)cc2Cl)ncn1. The van der Waals surface area contributed by atoms with Crippen LogP contribution in [0, 0.1) is 0 Å². The van der Waals surface area contributed by atoms with Gasteiger partial charge in [-0.1, -0.05) is 11.6 Å². The predicted molar refractivity (Wildman–Crippen MR) is 79.5 cm³/mol. The molecule has 1 heterocycles. The normalized spacial score (nSPS) is 10.5. The van der Waals surface area contributed by atoms with E-state index in [1.54, 1.807) is 12.1 Å². The van der Waals surface area contributed by atoms with Crippen LogP contribution in [0.3, 0.4) is 0 Å². The first-order chi connectivity index (χ1) is 9.95. The van der Waals surface area contributed by atoms with Crippen molar-refractivity contribution < 1.29 is 14.6 Å². The zero-order valence-electron chi connectivity index (χ0n) is 11.5. The third-order valence-corrected chi connectivity index (χ3v) is 2.79. The second kappa shape index (κ2) is 6.41. The van der Waals surface area contributed by atoms with E-state index in [2.05, 4.69) is 15.3 Å². The summed E-state index contributed by atoms with van der Waals surface area (Å²) in [6.07, 6.45) is 1.38. The quantitative estimate of drug-likeness (QED) is 0.881. The fourth-order valence-corrected chi connectivity index (χ4v) is 1.83. The van der Waals surface area contributed by atoms with Crippen LogP contribution in [-0.4, -0.2) is 27.1 Å². The first kappa shape index (κ1) is 15.1. The van der Waals surface area contributed by atoms with E-state index in [1.807, 2.05) is 13.8 Å². The highest BCUT2D eigenvalue weighted by Gasteiger charge is 2.08. The molecule has 7 heteroatoms. The number of nitrogens with one attached hydrogen (secondary N) is 1. The Hall–Kier alpha value is -2.34. The summed E-state index contributed by atoms with van der Waals surface area (Å²) in [5.41, 5.74) is 0.674. The van der Waals surface area contributed by atoms with Crippen LogP contribution in [0.25, 0.3) is 0 Å². The third-order valence-electron chi connectivity index (χ3n) is 2.48. The van der Waals surface area contributed by atoms with Crippen LogP contribution in [0.1, 0.15) is 24.2 Å². The summed E-state index contributed by atoms with van der Waals surface area (Å²) in [6.45, 7) is 3.80. The van der Waals surface area contributed by atoms with E-state index in [0.29, 0.717) is 22.4 Å². The highest BCUT2D eigenvalue weighted by Crippen LogP contribution is 2.26. The van der Waals surface area contributed by atoms with Crippen LogP contribution in [0.2, 0.25) is 5.02 Å². The molecule has 2 N–H and O–H groups in total. The van der Waals surface area contributed by atoms with E-state index in [-0.39, 0.29) is 11.7 Å². The maximum absolute atomic E-state index is 10.9. The molecular weight excluding hydrogens is 294 g/mol. The van der Waals surface area contributed by atoms with Gasteiger partial charge in [-0.05, 0) is 32.0 Å². The monoisotopic (exact) mass is 307 g/mol. The Morgan fingerprint density at radius 3 is 2.71 bits per heavy atom. The molecule has 0 fully saturated rings. The summed E-state index contributed by atoms with van der Waals surface area (Å²) in [6, 6.07) is 6.06. The summed E-state index contributed by atoms with van der Waals surface area (Å²) >= 11 is 6.05. The van der Waals surface area contributed by atoms with E-state index < -0.39 is 5.97 Å². The Kier molecular flexibility index (Phi) is 4.59. The molecule has 6 nitrogen and oxygen atoms in total. The number of halogens is 1. The minimum Gasteiger partial charge on any atom is -0.478 e. The van der Waals surface area contributed by atoms with E-state index >= 15 is 0 Å². The lowest BCUT2D eigenvalue weighted by Gasteiger charge is -2.11. The van der Waals surface area contributed by atoms with Gasteiger partial charge in [-0.25, -0.2) is 14.8 Å². The van der Waals surface area contributed by atoms with Crippen LogP contribution < -0.4 is 10.1 Å². The van der Waals surface area contributed by atoms with Crippen LogP contribution >= 0.6 is 11.6 Å². The van der Waals surface area contributed by atoms with Crippen molar-refractivity contribution >= 4 is 29.1 Å². The number of hydrogen-bond donors (Lipinski definition) is 2. The predicted octanol–water partition coefficient (Wildman–Crippen LogP) is 3.36. The summed E-state index contributed by atoms with van der Waals surface area (Å²) < 4.78 is 5.47. The van der Waals surface area contributed by atoms with E-state index in [0.717, 1.165) is 0 Å². The van der Waals surface area contributed by atoms with Crippen molar-refractivity contribution in [2.75, 3.05) is 5.32 Å². The summed E-state index contributed by atoms with van der Waals surface area (Å²) in [5, 5.41) is 12.2. The fourth-order valence-electron chi connectivity index (χ4n) is 1.60. The Bertz CT molecular complexity index is 662. The standard InChI is InChI=1S/C14H14ClN3O3/c1-8(2)21-13-6-12(16-7-17-13)18-11-4-3-9(14(19)20)5-10(11)15/h3-8H,1-2H3,(H,19,20)(H,16,17,18). The smallest absolute Gasteiger partial charge is 0.335 e.